The number of nitrogens with one attached hydrogen (secondary N) is 2. The third-order valence-electron chi connectivity index (χ3n) is 3.94. The fourth-order valence-corrected chi connectivity index (χ4v) is 2.68. The molecule has 1 aromatic carbocycles. The fraction of sp³-hybridized carbons (Fsp3) is 0.375. The smallest absolute Gasteiger partial charge is 0.237 e. The Hall–Kier alpha value is -2.18. The van der Waals surface area contributed by atoms with Gasteiger partial charge in [-0.05, 0) is 24.1 Å². The number of ether oxygens (including phenoxy) is 1. The molecule has 2 heterocycles. The van der Waals surface area contributed by atoms with Crippen LogP contribution in [-0.4, -0.2) is 41.5 Å². The zero-order valence-electron chi connectivity index (χ0n) is 12.5. The zero-order chi connectivity index (χ0) is 15.4. The van der Waals surface area contributed by atoms with Gasteiger partial charge in [-0.15, -0.1) is 0 Å². The number of methoxy groups -OCH3 is 1. The van der Waals surface area contributed by atoms with E-state index in [1.54, 1.807) is 18.0 Å². The molecule has 6 heteroatoms. The van der Waals surface area contributed by atoms with Crippen molar-refractivity contribution in [2.45, 2.75) is 25.1 Å². The number of carbonyl (C=O) groups excluding carboxylic acids is 1. The number of para-hydroxylation sites is 1. The van der Waals surface area contributed by atoms with Crippen LogP contribution < -0.4 is 10.6 Å². The first-order valence-corrected chi connectivity index (χ1v) is 7.39. The van der Waals surface area contributed by atoms with Crippen molar-refractivity contribution in [2.75, 3.05) is 13.7 Å². The number of benzene rings is 1. The van der Waals surface area contributed by atoms with Gasteiger partial charge in [0.25, 0.3) is 0 Å². The van der Waals surface area contributed by atoms with Crippen LogP contribution in [0.5, 0.6) is 0 Å². The molecule has 0 saturated carbocycles. The minimum atomic E-state index is -0.179. The lowest BCUT2D eigenvalue weighted by Gasteiger charge is -2.13. The molecule has 2 aromatic rings. The second kappa shape index (κ2) is 6.72. The molecular formula is C16H20N4O2. The van der Waals surface area contributed by atoms with Crippen LogP contribution in [0, 0.1) is 0 Å². The summed E-state index contributed by atoms with van der Waals surface area (Å²) in [4.78, 5) is 12.2. The highest BCUT2D eigenvalue weighted by molar-refractivity contribution is 5.82. The van der Waals surface area contributed by atoms with Gasteiger partial charge < -0.3 is 15.4 Å². The summed E-state index contributed by atoms with van der Waals surface area (Å²) in [6.45, 7) is 1.20. The Balaban J connectivity index is 1.64. The molecule has 1 aliphatic rings. The van der Waals surface area contributed by atoms with Gasteiger partial charge in [0, 0.05) is 32.6 Å². The van der Waals surface area contributed by atoms with Gasteiger partial charge in [-0.3, -0.25) is 4.79 Å². The van der Waals surface area contributed by atoms with E-state index in [1.165, 1.54) is 0 Å². The number of hydrogen-bond donors (Lipinski definition) is 2. The zero-order valence-corrected chi connectivity index (χ0v) is 12.5. The monoisotopic (exact) mass is 300 g/mol. The minimum Gasteiger partial charge on any atom is -0.380 e. The number of carbonyl (C=O) groups is 1. The summed E-state index contributed by atoms with van der Waals surface area (Å²) < 4.78 is 7.07. The van der Waals surface area contributed by atoms with E-state index in [4.69, 9.17) is 4.74 Å². The van der Waals surface area contributed by atoms with Crippen molar-refractivity contribution in [1.82, 2.24) is 20.4 Å². The van der Waals surface area contributed by atoms with Crippen molar-refractivity contribution >= 4 is 5.91 Å². The van der Waals surface area contributed by atoms with Gasteiger partial charge in [0.15, 0.2) is 0 Å². The molecule has 0 spiro atoms. The SMILES string of the molecule is CO[C@@H]1CN[C@H](C(=O)NCc2ccccc2-n2cccn2)C1. The number of rotatable bonds is 5. The Morgan fingerprint density at radius 3 is 3.05 bits per heavy atom. The third kappa shape index (κ3) is 3.18. The van der Waals surface area contributed by atoms with E-state index in [0.29, 0.717) is 13.0 Å². The average Bonchev–Trinajstić information content (AvgIpc) is 3.24. The Kier molecular flexibility index (Phi) is 4.50. The van der Waals surface area contributed by atoms with E-state index in [0.717, 1.165) is 17.8 Å². The first-order chi connectivity index (χ1) is 10.8. The molecule has 2 N–H and O–H groups in total. The van der Waals surface area contributed by atoms with E-state index in [-0.39, 0.29) is 18.1 Å². The predicted octanol–water partition coefficient (Wildman–Crippen LogP) is 0.865. The average molecular weight is 300 g/mol. The van der Waals surface area contributed by atoms with Gasteiger partial charge in [0.05, 0.1) is 17.8 Å². The van der Waals surface area contributed by atoms with Crippen molar-refractivity contribution in [2.24, 2.45) is 0 Å². The lowest BCUT2D eigenvalue weighted by molar-refractivity contribution is -0.123. The summed E-state index contributed by atoms with van der Waals surface area (Å²) in [5.74, 6) is 0.00909. The summed E-state index contributed by atoms with van der Waals surface area (Å²) in [6, 6.07) is 9.61. The Morgan fingerprint density at radius 1 is 1.45 bits per heavy atom. The molecule has 22 heavy (non-hydrogen) atoms. The van der Waals surface area contributed by atoms with E-state index in [2.05, 4.69) is 15.7 Å². The normalized spacial score (nSPS) is 21.0. The molecule has 0 bridgehead atoms. The van der Waals surface area contributed by atoms with E-state index in [9.17, 15) is 4.79 Å². The second-order valence-corrected chi connectivity index (χ2v) is 5.35. The summed E-state index contributed by atoms with van der Waals surface area (Å²) in [5.41, 5.74) is 2.00. The lowest BCUT2D eigenvalue weighted by Crippen LogP contribution is -2.40. The van der Waals surface area contributed by atoms with Gasteiger partial charge in [-0.2, -0.15) is 5.10 Å². The van der Waals surface area contributed by atoms with Crippen LogP contribution in [0.3, 0.4) is 0 Å². The van der Waals surface area contributed by atoms with Crippen molar-refractivity contribution in [3.8, 4) is 5.69 Å². The Labute approximate surface area is 129 Å². The molecule has 6 nitrogen and oxygen atoms in total. The molecule has 1 amide bonds. The largest absolute Gasteiger partial charge is 0.380 e. The van der Waals surface area contributed by atoms with Crippen molar-refractivity contribution in [3.63, 3.8) is 0 Å². The number of hydrogen-bond acceptors (Lipinski definition) is 4. The summed E-state index contributed by atoms with van der Waals surface area (Å²) in [7, 11) is 1.67. The van der Waals surface area contributed by atoms with Gasteiger partial charge >= 0.3 is 0 Å². The molecule has 2 atom stereocenters. The van der Waals surface area contributed by atoms with Crippen LogP contribution >= 0.6 is 0 Å². The Morgan fingerprint density at radius 2 is 2.32 bits per heavy atom. The van der Waals surface area contributed by atoms with Crippen LogP contribution in [0.4, 0.5) is 0 Å². The van der Waals surface area contributed by atoms with Crippen LogP contribution in [0.25, 0.3) is 5.69 Å². The first-order valence-electron chi connectivity index (χ1n) is 7.39. The molecule has 1 fully saturated rings. The van der Waals surface area contributed by atoms with Gasteiger partial charge in [-0.1, -0.05) is 18.2 Å². The topological polar surface area (TPSA) is 68.2 Å². The highest BCUT2D eigenvalue weighted by atomic mass is 16.5. The van der Waals surface area contributed by atoms with Gasteiger partial charge in [0.1, 0.15) is 0 Å². The highest BCUT2D eigenvalue weighted by Gasteiger charge is 2.29. The molecule has 0 radical (unpaired) electrons. The van der Waals surface area contributed by atoms with Crippen LogP contribution in [0.15, 0.2) is 42.7 Å². The summed E-state index contributed by atoms with van der Waals surface area (Å²) >= 11 is 0. The minimum absolute atomic E-state index is 0.00909. The molecule has 3 rings (SSSR count). The molecule has 1 aromatic heterocycles. The van der Waals surface area contributed by atoms with Gasteiger partial charge in [-0.25, -0.2) is 4.68 Å². The highest BCUT2D eigenvalue weighted by Crippen LogP contribution is 2.14. The molecule has 0 unspecified atom stereocenters. The van der Waals surface area contributed by atoms with Crippen molar-refractivity contribution in [1.29, 1.82) is 0 Å². The molecule has 116 valence electrons. The third-order valence-corrected chi connectivity index (χ3v) is 3.94. The van der Waals surface area contributed by atoms with E-state index >= 15 is 0 Å². The maximum Gasteiger partial charge on any atom is 0.237 e. The summed E-state index contributed by atoms with van der Waals surface area (Å²) in [5, 5.41) is 10.4. The standard InChI is InChI=1S/C16H20N4O2/c1-22-13-9-14(17-11-13)16(21)18-10-12-5-2-3-6-15(12)20-8-4-7-19-20/h2-8,13-14,17H,9-11H2,1H3,(H,18,21)/t13-,14-/m0/s1. The van der Waals surface area contributed by atoms with Crippen molar-refractivity contribution < 1.29 is 9.53 Å². The first kappa shape index (κ1) is 14.7. The van der Waals surface area contributed by atoms with E-state index < -0.39 is 0 Å². The van der Waals surface area contributed by atoms with Crippen LogP contribution in [0.2, 0.25) is 0 Å². The number of nitrogens with zero attached hydrogens (tertiary/aromatic N) is 2. The van der Waals surface area contributed by atoms with Crippen LogP contribution in [-0.2, 0) is 16.1 Å². The quantitative estimate of drug-likeness (QED) is 0.859. The fourth-order valence-electron chi connectivity index (χ4n) is 2.68. The predicted molar refractivity (Wildman–Crippen MR) is 82.6 cm³/mol. The van der Waals surface area contributed by atoms with E-state index in [1.807, 2.05) is 36.5 Å². The maximum atomic E-state index is 12.2. The summed E-state index contributed by atoms with van der Waals surface area (Å²) in [6.07, 6.45) is 4.46. The molecule has 0 aliphatic carbocycles. The molecule has 1 saturated heterocycles. The van der Waals surface area contributed by atoms with Gasteiger partial charge in [0.2, 0.25) is 5.91 Å². The van der Waals surface area contributed by atoms with Crippen molar-refractivity contribution in [3.05, 3.63) is 48.3 Å². The molecular weight excluding hydrogens is 280 g/mol. The maximum absolute atomic E-state index is 12.2. The molecule has 1 aliphatic heterocycles. The number of aromatic nitrogens is 2. The Bertz CT molecular complexity index is 627. The second-order valence-electron chi connectivity index (χ2n) is 5.35. The lowest BCUT2D eigenvalue weighted by atomic mass is 10.1. The number of amides is 1. The van der Waals surface area contributed by atoms with Crippen LogP contribution in [0.1, 0.15) is 12.0 Å².